The van der Waals surface area contributed by atoms with Crippen molar-refractivity contribution < 1.29 is 23.8 Å². The maximum atomic E-state index is 12.8. The van der Waals surface area contributed by atoms with Crippen LogP contribution in [0.25, 0.3) is 0 Å². The number of benzene rings is 2. The molecule has 0 fully saturated rings. The van der Waals surface area contributed by atoms with Gasteiger partial charge in [-0.05, 0) is 54.8 Å². The van der Waals surface area contributed by atoms with Crippen molar-refractivity contribution >= 4 is 17.6 Å². The summed E-state index contributed by atoms with van der Waals surface area (Å²) in [6, 6.07) is 12.3. The Kier molecular flexibility index (Phi) is 7.68. The van der Waals surface area contributed by atoms with E-state index in [0.717, 1.165) is 11.1 Å². The van der Waals surface area contributed by atoms with E-state index in [1.54, 1.807) is 45.4 Å². The summed E-state index contributed by atoms with van der Waals surface area (Å²) in [6.07, 6.45) is 0.819. The van der Waals surface area contributed by atoms with E-state index in [9.17, 15) is 9.59 Å². The predicted molar refractivity (Wildman–Crippen MR) is 119 cm³/mol. The smallest absolute Gasteiger partial charge is 0.307 e. The number of ether oxygens (including phenoxy) is 3. The highest BCUT2D eigenvalue weighted by Crippen LogP contribution is 2.39. The van der Waals surface area contributed by atoms with Crippen molar-refractivity contribution in [2.45, 2.75) is 25.8 Å². The summed E-state index contributed by atoms with van der Waals surface area (Å²) in [6.45, 7) is 2.74. The number of nitriles is 1. The molecular formula is C24H27N3O5. The van der Waals surface area contributed by atoms with Gasteiger partial charge >= 0.3 is 5.97 Å². The van der Waals surface area contributed by atoms with Crippen LogP contribution in [0.5, 0.6) is 11.5 Å². The highest BCUT2D eigenvalue weighted by atomic mass is 16.5. The van der Waals surface area contributed by atoms with E-state index >= 15 is 0 Å². The fourth-order valence-electron chi connectivity index (χ4n) is 3.94. The minimum absolute atomic E-state index is 0.0919. The Hall–Kier alpha value is -3.57. The van der Waals surface area contributed by atoms with E-state index in [2.05, 4.69) is 11.4 Å². The first kappa shape index (κ1) is 23.1. The molecule has 1 aliphatic rings. The Bertz CT molecular complexity index is 1030. The molecule has 3 rings (SSSR count). The quantitative estimate of drug-likeness (QED) is 0.634. The number of rotatable bonds is 8. The number of fused-ring (bicyclic) bond motifs is 1. The molecule has 1 heterocycles. The lowest BCUT2D eigenvalue weighted by atomic mass is 9.90. The summed E-state index contributed by atoms with van der Waals surface area (Å²) in [4.78, 5) is 27.1. The Morgan fingerprint density at radius 3 is 2.62 bits per heavy atom. The van der Waals surface area contributed by atoms with Gasteiger partial charge in [-0.2, -0.15) is 5.26 Å². The molecule has 0 aromatic heterocycles. The molecule has 1 aliphatic heterocycles. The van der Waals surface area contributed by atoms with Gasteiger partial charge in [-0.25, -0.2) is 0 Å². The number of nitrogens with one attached hydrogen (secondary N) is 1. The molecule has 0 spiro atoms. The van der Waals surface area contributed by atoms with Gasteiger partial charge in [0.25, 0.3) is 0 Å². The van der Waals surface area contributed by atoms with Crippen LogP contribution in [0.3, 0.4) is 0 Å². The molecule has 1 atom stereocenters. The molecule has 168 valence electrons. The van der Waals surface area contributed by atoms with Gasteiger partial charge in [0.2, 0.25) is 5.91 Å². The maximum Gasteiger partial charge on any atom is 0.307 e. The molecule has 8 nitrogen and oxygen atoms in total. The van der Waals surface area contributed by atoms with E-state index in [1.807, 2.05) is 17.0 Å². The van der Waals surface area contributed by atoms with Crippen molar-refractivity contribution in [1.29, 1.82) is 5.26 Å². The van der Waals surface area contributed by atoms with Gasteiger partial charge in [-0.15, -0.1) is 0 Å². The SMILES string of the molecule is CCOC(=O)CC1c2cc(OC)c(OC)cc2CCN1CC(=O)Nc1cccc(C#N)c1. The Labute approximate surface area is 187 Å². The number of carbonyl (C=O) groups is 2. The molecular weight excluding hydrogens is 410 g/mol. The summed E-state index contributed by atoms with van der Waals surface area (Å²) in [5.74, 6) is 0.648. The van der Waals surface area contributed by atoms with E-state index in [4.69, 9.17) is 19.5 Å². The van der Waals surface area contributed by atoms with E-state index in [1.165, 1.54) is 0 Å². The summed E-state index contributed by atoms with van der Waals surface area (Å²) in [5, 5.41) is 11.9. The topological polar surface area (TPSA) is 101 Å². The van der Waals surface area contributed by atoms with Crippen LogP contribution < -0.4 is 14.8 Å². The first-order chi connectivity index (χ1) is 15.5. The standard InChI is InChI=1S/C24H27N3O5/c1-4-32-24(29)13-20-19-12-22(31-3)21(30-2)11-17(19)8-9-27(20)15-23(28)26-18-7-5-6-16(10-18)14-25/h5-7,10-12,20H,4,8-9,13,15H2,1-3H3,(H,26,28). The fourth-order valence-corrected chi connectivity index (χ4v) is 3.94. The zero-order chi connectivity index (χ0) is 23.1. The first-order valence-corrected chi connectivity index (χ1v) is 10.4. The third-order valence-electron chi connectivity index (χ3n) is 5.40. The largest absolute Gasteiger partial charge is 0.493 e. The third-order valence-corrected chi connectivity index (χ3v) is 5.40. The average molecular weight is 437 g/mol. The summed E-state index contributed by atoms with van der Waals surface area (Å²) in [7, 11) is 3.15. The van der Waals surface area contributed by atoms with Crippen molar-refractivity contribution in [2.75, 3.05) is 39.2 Å². The molecule has 2 aromatic carbocycles. The molecule has 1 N–H and O–H groups in total. The molecule has 0 radical (unpaired) electrons. The number of nitrogens with zero attached hydrogens (tertiary/aromatic N) is 2. The van der Waals surface area contributed by atoms with Gasteiger partial charge in [-0.1, -0.05) is 6.07 Å². The molecule has 8 heteroatoms. The van der Waals surface area contributed by atoms with Gasteiger partial charge in [0, 0.05) is 18.3 Å². The number of amides is 1. The lowest BCUT2D eigenvalue weighted by Crippen LogP contribution is -2.41. The van der Waals surface area contributed by atoms with Crippen molar-refractivity contribution in [2.24, 2.45) is 0 Å². The Morgan fingerprint density at radius 1 is 1.19 bits per heavy atom. The molecule has 1 amide bonds. The Balaban J connectivity index is 1.84. The zero-order valence-electron chi connectivity index (χ0n) is 18.5. The highest BCUT2D eigenvalue weighted by Gasteiger charge is 2.32. The normalized spacial score (nSPS) is 15.2. The second kappa shape index (κ2) is 10.6. The Morgan fingerprint density at radius 2 is 1.94 bits per heavy atom. The average Bonchev–Trinajstić information content (AvgIpc) is 2.79. The van der Waals surface area contributed by atoms with Crippen molar-refractivity contribution in [3.05, 3.63) is 53.1 Å². The first-order valence-electron chi connectivity index (χ1n) is 10.4. The maximum absolute atomic E-state index is 12.8. The van der Waals surface area contributed by atoms with Gasteiger partial charge < -0.3 is 19.5 Å². The monoisotopic (exact) mass is 437 g/mol. The number of hydrogen-bond acceptors (Lipinski definition) is 7. The van der Waals surface area contributed by atoms with E-state index in [0.29, 0.717) is 42.3 Å². The molecule has 1 unspecified atom stereocenters. The minimum Gasteiger partial charge on any atom is -0.493 e. The minimum atomic E-state index is -0.339. The number of carbonyl (C=O) groups excluding carboxylic acids is 2. The number of anilines is 1. The van der Waals surface area contributed by atoms with Crippen LogP contribution in [0, 0.1) is 11.3 Å². The molecule has 0 aliphatic carbocycles. The van der Waals surface area contributed by atoms with Gasteiger partial charge in [0.05, 0.1) is 45.4 Å². The van der Waals surface area contributed by atoms with E-state index in [-0.39, 0.29) is 30.9 Å². The second-order valence-electron chi connectivity index (χ2n) is 7.39. The molecule has 0 saturated heterocycles. The van der Waals surface area contributed by atoms with E-state index < -0.39 is 0 Å². The van der Waals surface area contributed by atoms with Crippen molar-refractivity contribution in [3.8, 4) is 17.6 Å². The summed E-state index contributed by atoms with van der Waals surface area (Å²) < 4.78 is 16.1. The van der Waals surface area contributed by atoms with Crippen LogP contribution in [0.2, 0.25) is 0 Å². The molecule has 2 aromatic rings. The molecule has 32 heavy (non-hydrogen) atoms. The summed E-state index contributed by atoms with van der Waals surface area (Å²) in [5.41, 5.74) is 2.99. The molecule has 0 saturated carbocycles. The van der Waals surface area contributed by atoms with Crippen LogP contribution in [-0.2, 0) is 20.7 Å². The van der Waals surface area contributed by atoms with Crippen LogP contribution >= 0.6 is 0 Å². The van der Waals surface area contributed by atoms with Crippen molar-refractivity contribution in [3.63, 3.8) is 0 Å². The van der Waals surface area contributed by atoms with Crippen LogP contribution in [-0.4, -0.2) is 50.7 Å². The van der Waals surface area contributed by atoms with Gasteiger partial charge in [-0.3, -0.25) is 14.5 Å². The van der Waals surface area contributed by atoms with Gasteiger partial charge in [0.15, 0.2) is 11.5 Å². The third kappa shape index (κ3) is 5.37. The highest BCUT2D eigenvalue weighted by molar-refractivity contribution is 5.92. The summed E-state index contributed by atoms with van der Waals surface area (Å²) >= 11 is 0. The number of methoxy groups -OCH3 is 2. The lowest BCUT2D eigenvalue weighted by Gasteiger charge is -2.37. The number of hydrogen-bond donors (Lipinski definition) is 1. The van der Waals surface area contributed by atoms with Crippen LogP contribution in [0.15, 0.2) is 36.4 Å². The predicted octanol–water partition coefficient (Wildman–Crippen LogP) is 3.07. The molecule has 0 bridgehead atoms. The lowest BCUT2D eigenvalue weighted by molar-refractivity contribution is -0.145. The fraction of sp³-hybridized carbons (Fsp3) is 0.375. The van der Waals surface area contributed by atoms with Crippen LogP contribution in [0.4, 0.5) is 5.69 Å². The van der Waals surface area contributed by atoms with Crippen LogP contribution in [0.1, 0.15) is 36.1 Å². The van der Waals surface area contributed by atoms with Crippen molar-refractivity contribution in [1.82, 2.24) is 4.90 Å². The van der Waals surface area contributed by atoms with Gasteiger partial charge in [0.1, 0.15) is 0 Å². The number of esters is 1. The second-order valence-corrected chi connectivity index (χ2v) is 7.39. The zero-order valence-corrected chi connectivity index (χ0v) is 18.5.